The summed E-state index contributed by atoms with van der Waals surface area (Å²) in [7, 11) is -2.72. The Hall–Kier alpha value is -3.49. The molecule has 7 nitrogen and oxygen atoms in total. The zero-order chi connectivity index (χ0) is 30.9. The van der Waals surface area contributed by atoms with E-state index in [1.165, 1.54) is 15.3 Å². The highest BCUT2D eigenvalue weighted by Gasteiger charge is 2.50. The summed E-state index contributed by atoms with van der Waals surface area (Å²) in [5.74, 6) is -0.0508. The van der Waals surface area contributed by atoms with Crippen LogP contribution in [0.1, 0.15) is 83.1 Å². The average Bonchev–Trinajstić information content (AvgIpc) is 3.31. The number of rotatable bonds is 9. The number of carbonyl (C=O) groups excluding carboxylic acids is 1. The Kier molecular flexibility index (Phi) is 8.99. The summed E-state index contributed by atoms with van der Waals surface area (Å²) in [6.07, 6.45) is 0.230. The van der Waals surface area contributed by atoms with Crippen molar-refractivity contribution in [3.05, 3.63) is 89.8 Å². The normalized spacial score (nSPS) is 15.8. The van der Waals surface area contributed by atoms with Gasteiger partial charge in [0, 0.05) is 24.4 Å². The predicted octanol–water partition coefficient (Wildman–Crippen LogP) is 6.16. The number of aromatic nitrogens is 2. The minimum Gasteiger partial charge on any atom is -0.465 e. The average molecular weight is 588 g/mol. The van der Waals surface area contributed by atoms with Crippen LogP contribution in [-0.2, 0) is 22.9 Å². The second-order valence-electron chi connectivity index (χ2n) is 13.4. The monoisotopic (exact) mass is 587 g/mol. The SMILES string of the molecule is C=C(CCC(=O)c1c2c(nn1C(C)(C)C)C[C@@H](C)N(C(=O)O)C2)CO[Si](c1ccccc1)(c1ccccc1)C(C)(C)C. The lowest BCUT2D eigenvalue weighted by atomic mass is 9.96. The smallest absolute Gasteiger partial charge is 0.407 e. The van der Waals surface area contributed by atoms with Gasteiger partial charge in [-0.15, -0.1) is 0 Å². The molecule has 1 atom stereocenters. The van der Waals surface area contributed by atoms with Crippen molar-refractivity contribution in [1.82, 2.24) is 14.7 Å². The van der Waals surface area contributed by atoms with E-state index in [-0.39, 0.29) is 29.8 Å². The molecule has 1 N–H and O–H groups in total. The summed E-state index contributed by atoms with van der Waals surface area (Å²) >= 11 is 0. The quantitative estimate of drug-likeness (QED) is 0.184. The van der Waals surface area contributed by atoms with Crippen molar-refractivity contribution in [2.75, 3.05) is 6.61 Å². The number of hydrogen-bond donors (Lipinski definition) is 1. The fourth-order valence-corrected chi connectivity index (χ4v) is 10.6. The highest BCUT2D eigenvalue weighted by atomic mass is 28.4. The number of benzene rings is 2. The van der Waals surface area contributed by atoms with Crippen LogP contribution in [0.25, 0.3) is 0 Å². The van der Waals surface area contributed by atoms with Crippen LogP contribution in [0.4, 0.5) is 4.79 Å². The molecule has 0 saturated carbocycles. The Morgan fingerprint density at radius 1 is 0.976 bits per heavy atom. The summed E-state index contributed by atoms with van der Waals surface area (Å²) < 4.78 is 8.80. The van der Waals surface area contributed by atoms with Crippen molar-refractivity contribution in [1.29, 1.82) is 0 Å². The molecule has 1 aliphatic rings. The van der Waals surface area contributed by atoms with E-state index in [1.807, 2.05) is 39.8 Å². The molecule has 0 bridgehead atoms. The molecule has 0 fully saturated rings. The first-order valence-corrected chi connectivity index (χ1v) is 16.6. The summed E-state index contributed by atoms with van der Waals surface area (Å²) in [6, 6.07) is 20.8. The van der Waals surface area contributed by atoms with E-state index in [0.29, 0.717) is 25.1 Å². The number of nitrogens with zero attached hydrogens (tertiary/aromatic N) is 3. The molecule has 2 aromatic carbocycles. The summed E-state index contributed by atoms with van der Waals surface area (Å²) in [4.78, 5) is 27.1. The maximum absolute atomic E-state index is 13.8. The summed E-state index contributed by atoms with van der Waals surface area (Å²) in [5, 5.41) is 16.8. The van der Waals surface area contributed by atoms with Gasteiger partial charge in [0.25, 0.3) is 8.32 Å². The molecular formula is C34H45N3O4Si. The van der Waals surface area contributed by atoms with Gasteiger partial charge in [-0.2, -0.15) is 5.10 Å². The van der Waals surface area contributed by atoms with E-state index >= 15 is 0 Å². The van der Waals surface area contributed by atoms with Crippen LogP contribution in [0.15, 0.2) is 72.8 Å². The number of fused-ring (bicyclic) bond motifs is 1. The Morgan fingerprint density at radius 3 is 2.00 bits per heavy atom. The maximum atomic E-state index is 13.8. The minimum atomic E-state index is -2.72. The molecule has 0 radical (unpaired) electrons. The van der Waals surface area contributed by atoms with Gasteiger partial charge in [0.2, 0.25) is 0 Å². The second kappa shape index (κ2) is 12.0. The topological polar surface area (TPSA) is 84.7 Å². The molecule has 0 unspecified atom stereocenters. The van der Waals surface area contributed by atoms with Crippen molar-refractivity contribution in [3.63, 3.8) is 0 Å². The van der Waals surface area contributed by atoms with Crippen molar-refractivity contribution in [3.8, 4) is 0 Å². The summed E-state index contributed by atoms with van der Waals surface area (Å²) in [6.45, 7) is 19.5. The third-order valence-corrected chi connectivity index (χ3v) is 13.2. The lowest BCUT2D eigenvalue weighted by Gasteiger charge is -2.43. The van der Waals surface area contributed by atoms with E-state index in [9.17, 15) is 14.7 Å². The molecular weight excluding hydrogens is 542 g/mol. The van der Waals surface area contributed by atoms with Crippen LogP contribution in [0, 0.1) is 0 Å². The molecule has 8 heteroatoms. The molecule has 0 saturated heterocycles. The van der Waals surface area contributed by atoms with E-state index in [0.717, 1.165) is 16.8 Å². The highest BCUT2D eigenvalue weighted by Crippen LogP contribution is 2.37. The van der Waals surface area contributed by atoms with E-state index in [1.54, 1.807) is 4.68 Å². The number of ketones is 1. The molecule has 0 spiro atoms. The molecule has 1 aliphatic heterocycles. The first-order valence-electron chi connectivity index (χ1n) is 14.7. The number of amides is 1. The first-order chi connectivity index (χ1) is 19.7. The molecule has 4 rings (SSSR count). The zero-order valence-electron chi connectivity index (χ0n) is 26.1. The van der Waals surface area contributed by atoms with E-state index in [2.05, 4.69) is 75.9 Å². The first kappa shape index (κ1) is 31.4. The fourth-order valence-electron chi connectivity index (χ4n) is 6.02. The van der Waals surface area contributed by atoms with Gasteiger partial charge in [-0.1, -0.05) is 93.6 Å². The Bertz CT molecular complexity index is 1400. The maximum Gasteiger partial charge on any atom is 0.407 e. The van der Waals surface area contributed by atoms with Crippen molar-refractivity contribution >= 4 is 30.6 Å². The van der Waals surface area contributed by atoms with Gasteiger partial charge in [0.05, 0.1) is 24.4 Å². The molecule has 42 heavy (non-hydrogen) atoms. The largest absolute Gasteiger partial charge is 0.465 e. The number of hydrogen-bond acceptors (Lipinski definition) is 4. The Labute approximate surface area is 251 Å². The highest BCUT2D eigenvalue weighted by molar-refractivity contribution is 6.99. The van der Waals surface area contributed by atoms with Gasteiger partial charge in [0.1, 0.15) is 5.69 Å². The Balaban J connectivity index is 1.57. The third kappa shape index (κ3) is 6.15. The van der Waals surface area contributed by atoms with Gasteiger partial charge in [-0.25, -0.2) is 4.79 Å². The third-order valence-electron chi connectivity index (χ3n) is 8.18. The van der Waals surface area contributed by atoms with Crippen LogP contribution in [0.2, 0.25) is 5.04 Å². The van der Waals surface area contributed by atoms with Crippen molar-refractivity contribution < 1.29 is 19.1 Å². The van der Waals surface area contributed by atoms with Crippen molar-refractivity contribution in [2.45, 2.75) is 90.9 Å². The van der Waals surface area contributed by atoms with Gasteiger partial charge < -0.3 is 14.4 Å². The van der Waals surface area contributed by atoms with E-state index in [4.69, 9.17) is 9.52 Å². The molecule has 1 aromatic heterocycles. The van der Waals surface area contributed by atoms with Gasteiger partial charge >= 0.3 is 6.09 Å². The fraction of sp³-hybridized carbons (Fsp3) is 0.441. The van der Waals surface area contributed by atoms with E-state index < -0.39 is 19.9 Å². The van der Waals surface area contributed by atoms with Gasteiger partial charge in [-0.05, 0) is 49.5 Å². The van der Waals surface area contributed by atoms with Crippen LogP contribution in [0.5, 0.6) is 0 Å². The predicted molar refractivity (Wildman–Crippen MR) is 170 cm³/mol. The Morgan fingerprint density at radius 2 is 1.52 bits per heavy atom. The molecule has 0 aliphatic carbocycles. The van der Waals surface area contributed by atoms with Crippen LogP contribution in [-0.4, -0.2) is 52.6 Å². The van der Waals surface area contributed by atoms with Gasteiger partial charge in [0.15, 0.2) is 5.78 Å². The number of Topliss-reactive ketones (excluding diaryl/α,β-unsaturated/α-hetero) is 1. The van der Waals surface area contributed by atoms with Crippen LogP contribution in [0.3, 0.4) is 0 Å². The molecule has 2 heterocycles. The van der Waals surface area contributed by atoms with Gasteiger partial charge in [-0.3, -0.25) is 9.48 Å². The van der Waals surface area contributed by atoms with Crippen LogP contribution >= 0.6 is 0 Å². The minimum absolute atomic E-state index is 0.0508. The molecule has 1 amide bonds. The van der Waals surface area contributed by atoms with Crippen LogP contribution < -0.4 is 10.4 Å². The van der Waals surface area contributed by atoms with Crippen molar-refractivity contribution in [2.24, 2.45) is 0 Å². The second-order valence-corrected chi connectivity index (χ2v) is 17.8. The summed E-state index contributed by atoms with van der Waals surface area (Å²) in [5.41, 5.74) is 2.48. The number of carboxylic acid groups (broad SMARTS) is 1. The number of carbonyl (C=O) groups is 2. The standard InChI is InChI=1S/C34H45N3O4Si/c1-24(23-41-42(34(6,7)8,26-15-11-9-12-16-26)27-17-13-10-14-18-27)19-20-30(38)31-28-22-36(32(39)40)25(2)21-29(28)35-37(31)33(3,4)5/h9-18,25H,1,19-23H2,2-8H3,(H,39,40)/t25-/m1/s1. The molecule has 224 valence electrons. The lowest BCUT2D eigenvalue weighted by molar-refractivity contribution is 0.0956. The zero-order valence-corrected chi connectivity index (χ0v) is 27.1. The molecule has 3 aromatic rings. The lowest BCUT2D eigenvalue weighted by Crippen LogP contribution is -2.66.